The summed E-state index contributed by atoms with van der Waals surface area (Å²) < 4.78 is 10.4. The van der Waals surface area contributed by atoms with Crippen LogP contribution < -0.4 is 9.47 Å². The van der Waals surface area contributed by atoms with Gasteiger partial charge in [0.25, 0.3) is 0 Å². The zero-order valence-corrected chi connectivity index (χ0v) is 10.4. The first-order chi connectivity index (χ1) is 8.15. The fourth-order valence-corrected chi connectivity index (χ4v) is 2.02. The predicted molar refractivity (Wildman–Crippen MR) is 64.2 cm³/mol. The molecule has 4 heteroatoms. The molecule has 0 N–H and O–H groups in total. The van der Waals surface area contributed by atoms with E-state index in [1.54, 1.807) is 14.2 Å². The van der Waals surface area contributed by atoms with Gasteiger partial charge in [-0.1, -0.05) is 0 Å². The Balaban J connectivity index is 2.17. The molecule has 1 fully saturated rings. The molecule has 0 aromatic heterocycles. The molecule has 0 radical (unpaired) electrons. The number of amides is 1. The summed E-state index contributed by atoms with van der Waals surface area (Å²) in [6, 6.07) is 5.99. The highest BCUT2D eigenvalue weighted by atomic mass is 16.5. The van der Waals surface area contributed by atoms with E-state index in [-0.39, 0.29) is 5.91 Å². The number of nitrogens with zero attached hydrogens (tertiary/aromatic N) is 1. The lowest BCUT2D eigenvalue weighted by molar-refractivity contribution is -0.145. The number of likely N-dealkylation sites (tertiary alicyclic amines) is 1. The molecule has 1 atom stereocenters. The minimum absolute atomic E-state index is 0.204. The van der Waals surface area contributed by atoms with Crippen LogP contribution in [0.4, 0.5) is 0 Å². The van der Waals surface area contributed by atoms with Crippen LogP contribution in [0.15, 0.2) is 18.2 Å². The maximum atomic E-state index is 11.4. The number of β-lactam (4-membered cyclic amide) rings is 1. The third-order valence-corrected chi connectivity index (χ3v) is 3.16. The molecule has 1 aromatic carbocycles. The van der Waals surface area contributed by atoms with Gasteiger partial charge in [-0.15, -0.1) is 0 Å². The van der Waals surface area contributed by atoms with Crippen LogP contribution in [0.3, 0.4) is 0 Å². The summed E-state index contributed by atoms with van der Waals surface area (Å²) in [5.74, 6) is 1.72. The molecule has 92 valence electrons. The van der Waals surface area contributed by atoms with E-state index in [0.717, 1.165) is 17.1 Å². The molecule has 0 aliphatic carbocycles. The van der Waals surface area contributed by atoms with Crippen LogP contribution in [0.5, 0.6) is 11.5 Å². The molecule has 1 unspecified atom stereocenters. The molecule has 4 nitrogen and oxygen atoms in total. The van der Waals surface area contributed by atoms with Crippen LogP contribution in [0.1, 0.15) is 18.9 Å². The van der Waals surface area contributed by atoms with Gasteiger partial charge in [0.2, 0.25) is 5.91 Å². The second-order valence-electron chi connectivity index (χ2n) is 4.25. The summed E-state index contributed by atoms with van der Waals surface area (Å²) in [6.45, 7) is 2.66. The van der Waals surface area contributed by atoms with Crippen LogP contribution in [-0.2, 0) is 11.3 Å². The molecule has 2 rings (SSSR count). The average molecular weight is 235 g/mol. The lowest BCUT2D eigenvalue weighted by Crippen LogP contribution is -2.50. The van der Waals surface area contributed by atoms with Gasteiger partial charge < -0.3 is 14.4 Å². The fourth-order valence-electron chi connectivity index (χ4n) is 2.02. The first kappa shape index (κ1) is 11.8. The van der Waals surface area contributed by atoms with E-state index in [0.29, 0.717) is 19.0 Å². The number of methoxy groups -OCH3 is 2. The normalized spacial score (nSPS) is 18.9. The molecule has 0 saturated carbocycles. The Morgan fingerprint density at radius 2 is 2.12 bits per heavy atom. The van der Waals surface area contributed by atoms with E-state index in [2.05, 4.69) is 6.92 Å². The second-order valence-corrected chi connectivity index (χ2v) is 4.25. The Morgan fingerprint density at radius 1 is 1.35 bits per heavy atom. The van der Waals surface area contributed by atoms with Gasteiger partial charge in [-0.05, 0) is 19.1 Å². The largest absolute Gasteiger partial charge is 0.497 e. The fraction of sp³-hybridized carbons (Fsp3) is 0.462. The van der Waals surface area contributed by atoms with Gasteiger partial charge in [-0.25, -0.2) is 0 Å². The molecule has 0 spiro atoms. The molecule has 1 aliphatic rings. The van der Waals surface area contributed by atoms with Gasteiger partial charge in [0.15, 0.2) is 0 Å². The minimum atomic E-state index is 0.204. The predicted octanol–water partition coefficient (Wildman–Crippen LogP) is 1.82. The molecule has 17 heavy (non-hydrogen) atoms. The van der Waals surface area contributed by atoms with Crippen molar-refractivity contribution in [3.63, 3.8) is 0 Å². The van der Waals surface area contributed by atoms with Gasteiger partial charge in [-0.2, -0.15) is 0 Å². The summed E-state index contributed by atoms with van der Waals surface area (Å²) in [6.07, 6.45) is 0.651. The first-order valence-corrected chi connectivity index (χ1v) is 5.66. The molecule has 1 saturated heterocycles. The van der Waals surface area contributed by atoms with Gasteiger partial charge in [0.05, 0.1) is 14.2 Å². The zero-order valence-electron chi connectivity index (χ0n) is 10.4. The number of hydrogen-bond acceptors (Lipinski definition) is 3. The third-order valence-electron chi connectivity index (χ3n) is 3.16. The van der Waals surface area contributed by atoms with Crippen molar-refractivity contribution in [1.82, 2.24) is 4.90 Å². The van der Waals surface area contributed by atoms with Crippen molar-refractivity contribution in [2.24, 2.45) is 0 Å². The Labute approximate surface area is 101 Å². The van der Waals surface area contributed by atoms with Crippen molar-refractivity contribution < 1.29 is 14.3 Å². The third kappa shape index (κ3) is 2.20. The Bertz CT molecular complexity index is 431. The van der Waals surface area contributed by atoms with E-state index in [9.17, 15) is 4.79 Å². The second kappa shape index (κ2) is 4.65. The van der Waals surface area contributed by atoms with Crippen molar-refractivity contribution in [3.05, 3.63) is 23.8 Å². The average Bonchev–Trinajstić information content (AvgIpc) is 2.36. The number of hydrogen-bond donors (Lipinski definition) is 0. The minimum Gasteiger partial charge on any atom is -0.497 e. The molecule has 0 bridgehead atoms. The monoisotopic (exact) mass is 235 g/mol. The van der Waals surface area contributed by atoms with E-state index < -0.39 is 0 Å². The highest BCUT2D eigenvalue weighted by Crippen LogP contribution is 2.29. The van der Waals surface area contributed by atoms with Crippen LogP contribution in [0, 0.1) is 0 Å². The SMILES string of the molecule is COc1ccc(CN2C(=O)CC2C)c(OC)c1. The Morgan fingerprint density at radius 3 is 2.65 bits per heavy atom. The lowest BCUT2D eigenvalue weighted by atomic mass is 10.0. The van der Waals surface area contributed by atoms with E-state index >= 15 is 0 Å². The van der Waals surface area contributed by atoms with Crippen molar-refractivity contribution in [1.29, 1.82) is 0 Å². The summed E-state index contributed by atoms with van der Waals surface area (Å²) in [5, 5.41) is 0. The quantitative estimate of drug-likeness (QED) is 0.747. The standard InChI is InChI=1S/C13H17NO3/c1-9-6-13(15)14(9)8-10-4-5-11(16-2)7-12(10)17-3/h4-5,7,9H,6,8H2,1-3H3. The molecule has 1 aliphatic heterocycles. The van der Waals surface area contributed by atoms with Gasteiger partial charge in [-0.3, -0.25) is 4.79 Å². The van der Waals surface area contributed by atoms with Crippen LogP contribution in [-0.4, -0.2) is 31.1 Å². The van der Waals surface area contributed by atoms with Crippen LogP contribution in [0.2, 0.25) is 0 Å². The molecule has 1 heterocycles. The van der Waals surface area contributed by atoms with Crippen molar-refractivity contribution in [2.45, 2.75) is 25.9 Å². The highest BCUT2D eigenvalue weighted by molar-refractivity contribution is 5.82. The van der Waals surface area contributed by atoms with E-state index in [4.69, 9.17) is 9.47 Å². The first-order valence-electron chi connectivity index (χ1n) is 5.66. The summed E-state index contributed by atoms with van der Waals surface area (Å²) in [4.78, 5) is 13.3. The van der Waals surface area contributed by atoms with Gasteiger partial charge in [0.1, 0.15) is 11.5 Å². The number of carbonyl (C=O) groups excluding carboxylic acids is 1. The summed E-state index contributed by atoms with van der Waals surface area (Å²) >= 11 is 0. The lowest BCUT2D eigenvalue weighted by Gasteiger charge is -2.38. The van der Waals surface area contributed by atoms with Crippen molar-refractivity contribution in [3.8, 4) is 11.5 Å². The summed E-state index contributed by atoms with van der Waals surface area (Å²) in [7, 11) is 3.25. The van der Waals surface area contributed by atoms with Gasteiger partial charge >= 0.3 is 0 Å². The molecule has 1 amide bonds. The van der Waals surface area contributed by atoms with Gasteiger partial charge in [0, 0.05) is 30.6 Å². The van der Waals surface area contributed by atoms with E-state index in [1.807, 2.05) is 23.1 Å². The van der Waals surface area contributed by atoms with Crippen molar-refractivity contribution in [2.75, 3.05) is 14.2 Å². The van der Waals surface area contributed by atoms with Crippen LogP contribution >= 0.6 is 0 Å². The number of ether oxygens (including phenoxy) is 2. The Kier molecular flexibility index (Phi) is 3.22. The topological polar surface area (TPSA) is 38.8 Å². The molecular formula is C13H17NO3. The van der Waals surface area contributed by atoms with Crippen molar-refractivity contribution >= 4 is 5.91 Å². The maximum Gasteiger partial charge on any atom is 0.225 e. The Hall–Kier alpha value is -1.71. The number of rotatable bonds is 4. The summed E-state index contributed by atoms with van der Waals surface area (Å²) in [5.41, 5.74) is 1.01. The number of carbonyl (C=O) groups is 1. The number of benzene rings is 1. The van der Waals surface area contributed by atoms with E-state index in [1.165, 1.54) is 0 Å². The van der Waals surface area contributed by atoms with Crippen LogP contribution in [0.25, 0.3) is 0 Å². The maximum absolute atomic E-state index is 11.4. The molecule has 1 aromatic rings. The zero-order chi connectivity index (χ0) is 12.4. The highest BCUT2D eigenvalue weighted by Gasteiger charge is 2.32. The molecular weight excluding hydrogens is 218 g/mol. The smallest absolute Gasteiger partial charge is 0.225 e.